The van der Waals surface area contributed by atoms with Crippen molar-refractivity contribution >= 4 is 40.3 Å². The number of aromatic nitrogens is 1. The second kappa shape index (κ2) is 6.01. The van der Waals surface area contributed by atoms with Gasteiger partial charge in [-0.3, -0.25) is 4.79 Å². The molecule has 0 bridgehead atoms. The number of thiazole rings is 1. The van der Waals surface area contributed by atoms with E-state index in [0.717, 1.165) is 26.0 Å². The molecule has 0 aliphatic carbocycles. The number of thiophene rings is 1. The molecule has 6 heteroatoms. The third kappa shape index (κ3) is 2.88. The van der Waals surface area contributed by atoms with Gasteiger partial charge in [0.1, 0.15) is 5.01 Å². The highest BCUT2D eigenvalue weighted by Gasteiger charge is 2.16. The molecule has 106 valence electrons. The second-order valence-corrected chi connectivity index (χ2v) is 7.27. The first-order valence-corrected chi connectivity index (χ1v) is 9.10. The summed E-state index contributed by atoms with van der Waals surface area (Å²) >= 11 is 4.62. The summed E-state index contributed by atoms with van der Waals surface area (Å²) in [5.41, 5.74) is 8.41. The van der Waals surface area contributed by atoms with Gasteiger partial charge in [-0.2, -0.15) is 0 Å². The molecule has 1 aromatic carbocycles. The van der Waals surface area contributed by atoms with Crippen molar-refractivity contribution in [3.05, 3.63) is 46.7 Å². The van der Waals surface area contributed by atoms with Gasteiger partial charge in [-0.05, 0) is 12.3 Å². The highest BCUT2D eigenvalue weighted by atomic mass is 32.2. The van der Waals surface area contributed by atoms with E-state index in [4.69, 9.17) is 10.7 Å². The summed E-state index contributed by atoms with van der Waals surface area (Å²) in [5, 5.41) is 2.96. The lowest BCUT2D eigenvalue weighted by Gasteiger charge is -1.96. The zero-order valence-electron chi connectivity index (χ0n) is 11.2. The van der Waals surface area contributed by atoms with Crippen molar-refractivity contribution in [2.24, 2.45) is 5.73 Å². The normalized spacial score (nSPS) is 10.7. The molecule has 3 aromatic rings. The third-order valence-corrected chi connectivity index (χ3v) is 6.09. The summed E-state index contributed by atoms with van der Waals surface area (Å²) < 4.78 is 1.07. The highest BCUT2D eigenvalue weighted by molar-refractivity contribution is 8.00. The maximum atomic E-state index is 11.3. The maximum absolute atomic E-state index is 11.3. The van der Waals surface area contributed by atoms with E-state index in [9.17, 15) is 4.79 Å². The van der Waals surface area contributed by atoms with Crippen LogP contribution in [0.25, 0.3) is 21.8 Å². The van der Waals surface area contributed by atoms with E-state index in [2.05, 4.69) is 0 Å². The number of nitrogens with zero attached hydrogens (tertiary/aromatic N) is 1. The number of carbonyl (C=O) groups is 1. The van der Waals surface area contributed by atoms with Crippen molar-refractivity contribution in [2.75, 3.05) is 6.26 Å². The van der Waals surface area contributed by atoms with Gasteiger partial charge in [0.05, 0.1) is 14.8 Å². The number of nitrogens with two attached hydrogens (primary N) is 1. The van der Waals surface area contributed by atoms with Crippen molar-refractivity contribution < 1.29 is 4.79 Å². The molecular weight excluding hydrogens is 320 g/mol. The van der Waals surface area contributed by atoms with Gasteiger partial charge in [0.2, 0.25) is 0 Å². The van der Waals surface area contributed by atoms with E-state index < -0.39 is 0 Å². The van der Waals surface area contributed by atoms with E-state index in [0.29, 0.717) is 4.88 Å². The van der Waals surface area contributed by atoms with Gasteiger partial charge in [0, 0.05) is 16.5 Å². The Morgan fingerprint density at radius 3 is 2.71 bits per heavy atom. The van der Waals surface area contributed by atoms with Crippen molar-refractivity contribution in [3.63, 3.8) is 0 Å². The van der Waals surface area contributed by atoms with Gasteiger partial charge < -0.3 is 5.73 Å². The first-order valence-electron chi connectivity index (χ1n) is 6.18. The summed E-state index contributed by atoms with van der Waals surface area (Å²) in [5.74, 6) is -0.388. The Balaban J connectivity index is 2.02. The fourth-order valence-corrected chi connectivity index (χ4v) is 4.64. The molecule has 2 aromatic heterocycles. The topological polar surface area (TPSA) is 56.0 Å². The number of thioether (sulfide) groups is 1. The van der Waals surface area contributed by atoms with E-state index >= 15 is 0 Å². The zero-order chi connectivity index (χ0) is 14.8. The standard InChI is InChI=1S/C15H12N2OS3/c1-19-15-10(7-12(21-15)13(16)18)14-17-11(8-20-14)9-5-3-2-4-6-9/h2-8H,1H3,(H2,16,18). The molecule has 0 aliphatic rings. The number of amides is 1. The molecule has 3 rings (SSSR count). The van der Waals surface area contributed by atoms with Crippen LogP contribution < -0.4 is 5.73 Å². The zero-order valence-corrected chi connectivity index (χ0v) is 13.6. The Morgan fingerprint density at radius 2 is 2.05 bits per heavy atom. The number of hydrogen-bond acceptors (Lipinski definition) is 5. The van der Waals surface area contributed by atoms with Crippen molar-refractivity contribution in [2.45, 2.75) is 4.21 Å². The second-order valence-electron chi connectivity index (χ2n) is 4.28. The number of primary amides is 1. The van der Waals surface area contributed by atoms with Gasteiger partial charge >= 0.3 is 0 Å². The highest BCUT2D eigenvalue weighted by Crippen LogP contribution is 2.39. The molecule has 0 unspecified atom stereocenters. The fraction of sp³-hybridized carbons (Fsp3) is 0.0667. The molecule has 0 saturated carbocycles. The van der Waals surface area contributed by atoms with Gasteiger partial charge in [0.15, 0.2) is 0 Å². The summed E-state index contributed by atoms with van der Waals surface area (Å²) in [7, 11) is 0. The molecular formula is C15H12N2OS3. The van der Waals surface area contributed by atoms with E-state index in [1.165, 1.54) is 11.3 Å². The van der Waals surface area contributed by atoms with Gasteiger partial charge in [-0.1, -0.05) is 30.3 Å². The average Bonchev–Trinajstić information content (AvgIpc) is 3.14. The molecule has 3 nitrogen and oxygen atoms in total. The van der Waals surface area contributed by atoms with Crippen LogP contribution in [-0.4, -0.2) is 17.1 Å². The first kappa shape index (κ1) is 14.3. The quantitative estimate of drug-likeness (QED) is 0.722. The summed E-state index contributed by atoms with van der Waals surface area (Å²) in [6.07, 6.45) is 1.99. The van der Waals surface area contributed by atoms with Crippen LogP contribution >= 0.6 is 34.4 Å². The molecule has 0 radical (unpaired) electrons. The van der Waals surface area contributed by atoms with Gasteiger partial charge in [-0.15, -0.1) is 34.4 Å². The Kier molecular flexibility index (Phi) is 4.10. The number of benzene rings is 1. The van der Waals surface area contributed by atoms with Crippen molar-refractivity contribution in [1.29, 1.82) is 0 Å². The van der Waals surface area contributed by atoms with Crippen molar-refractivity contribution in [1.82, 2.24) is 4.98 Å². The summed E-state index contributed by atoms with van der Waals surface area (Å²) in [6.45, 7) is 0. The molecule has 21 heavy (non-hydrogen) atoms. The monoisotopic (exact) mass is 332 g/mol. The number of carbonyl (C=O) groups excluding carboxylic acids is 1. The predicted molar refractivity (Wildman–Crippen MR) is 91.2 cm³/mol. The van der Waals surface area contributed by atoms with Crippen LogP contribution in [0.4, 0.5) is 0 Å². The molecule has 0 saturated heterocycles. The molecule has 2 heterocycles. The molecule has 0 spiro atoms. The number of hydrogen-bond donors (Lipinski definition) is 1. The van der Waals surface area contributed by atoms with Crippen molar-refractivity contribution in [3.8, 4) is 21.8 Å². The minimum Gasteiger partial charge on any atom is -0.365 e. The van der Waals surface area contributed by atoms with Gasteiger partial charge in [0.25, 0.3) is 5.91 Å². The van der Waals surface area contributed by atoms with E-state index in [1.807, 2.05) is 48.0 Å². The summed E-state index contributed by atoms with van der Waals surface area (Å²) in [6, 6.07) is 11.9. The van der Waals surface area contributed by atoms with Crippen LogP contribution in [0.5, 0.6) is 0 Å². The minimum atomic E-state index is -0.388. The maximum Gasteiger partial charge on any atom is 0.258 e. The lowest BCUT2D eigenvalue weighted by Crippen LogP contribution is -2.08. The van der Waals surface area contributed by atoms with E-state index in [-0.39, 0.29) is 5.91 Å². The first-order chi connectivity index (χ1) is 10.2. The lowest BCUT2D eigenvalue weighted by molar-refractivity contribution is 0.100. The lowest BCUT2D eigenvalue weighted by atomic mass is 10.2. The third-order valence-electron chi connectivity index (χ3n) is 2.93. The van der Waals surface area contributed by atoms with E-state index in [1.54, 1.807) is 23.1 Å². The SMILES string of the molecule is CSc1sc(C(N)=O)cc1-c1nc(-c2ccccc2)cs1. The Labute approximate surface area is 134 Å². The predicted octanol–water partition coefficient (Wildman–Crippen LogP) is 4.36. The fourth-order valence-electron chi connectivity index (χ4n) is 1.94. The van der Waals surface area contributed by atoms with Gasteiger partial charge in [-0.25, -0.2) is 4.98 Å². The smallest absolute Gasteiger partial charge is 0.258 e. The van der Waals surface area contributed by atoms with Crippen LogP contribution in [0.2, 0.25) is 0 Å². The van der Waals surface area contributed by atoms with Crippen LogP contribution in [0, 0.1) is 0 Å². The van der Waals surface area contributed by atoms with Crippen LogP contribution in [0.15, 0.2) is 46.0 Å². The largest absolute Gasteiger partial charge is 0.365 e. The molecule has 0 fully saturated rings. The molecule has 2 N–H and O–H groups in total. The Morgan fingerprint density at radius 1 is 1.29 bits per heavy atom. The molecule has 0 aliphatic heterocycles. The molecule has 1 amide bonds. The summed E-state index contributed by atoms with van der Waals surface area (Å²) in [4.78, 5) is 16.6. The Bertz CT molecular complexity index is 777. The van der Waals surface area contributed by atoms with Crippen LogP contribution in [-0.2, 0) is 0 Å². The molecule has 0 atom stereocenters. The Hall–Kier alpha value is -1.63. The van der Waals surface area contributed by atoms with Crippen LogP contribution in [0.1, 0.15) is 9.67 Å². The average molecular weight is 332 g/mol. The minimum absolute atomic E-state index is 0.388. The van der Waals surface area contributed by atoms with Crippen LogP contribution in [0.3, 0.4) is 0 Å². The number of rotatable bonds is 4.